The Balaban J connectivity index is 2.02. The van der Waals surface area contributed by atoms with Crippen LogP contribution in [0.2, 0.25) is 0 Å². The molecule has 100 valence electrons. The lowest BCUT2D eigenvalue weighted by Gasteiger charge is -2.25. The lowest BCUT2D eigenvalue weighted by Crippen LogP contribution is -2.28. The second-order valence-corrected chi connectivity index (χ2v) is 6.40. The number of benzene rings is 1. The molecule has 2 rings (SSSR count). The molecule has 0 spiro atoms. The SMILES string of the molecule is CCNC1CCC(C)(Cc2ccc(C)c(C)c2)C1. The second kappa shape index (κ2) is 5.44. The highest BCUT2D eigenvalue weighted by Crippen LogP contribution is 2.40. The maximum Gasteiger partial charge on any atom is 0.00724 e. The summed E-state index contributed by atoms with van der Waals surface area (Å²) >= 11 is 0. The maximum absolute atomic E-state index is 3.61. The zero-order chi connectivity index (χ0) is 13.2. The highest BCUT2D eigenvalue weighted by Gasteiger charge is 2.34. The van der Waals surface area contributed by atoms with Crippen molar-refractivity contribution in [1.82, 2.24) is 5.32 Å². The van der Waals surface area contributed by atoms with E-state index in [0.29, 0.717) is 5.41 Å². The molecule has 0 amide bonds. The summed E-state index contributed by atoms with van der Waals surface area (Å²) in [6.07, 6.45) is 5.26. The van der Waals surface area contributed by atoms with Crippen LogP contribution < -0.4 is 5.32 Å². The van der Waals surface area contributed by atoms with Crippen molar-refractivity contribution in [2.75, 3.05) is 6.54 Å². The Kier molecular flexibility index (Phi) is 4.11. The van der Waals surface area contributed by atoms with Crippen LogP contribution in [0, 0.1) is 19.3 Å². The van der Waals surface area contributed by atoms with Crippen LogP contribution >= 0.6 is 0 Å². The quantitative estimate of drug-likeness (QED) is 0.845. The van der Waals surface area contributed by atoms with Gasteiger partial charge < -0.3 is 5.32 Å². The Labute approximate surface area is 112 Å². The average Bonchev–Trinajstić information content (AvgIpc) is 2.66. The lowest BCUT2D eigenvalue weighted by molar-refractivity contribution is 0.322. The van der Waals surface area contributed by atoms with Gasteiger partial charge in [0.15, 0.2) is 0 Å². The van der Waals surface area contributed by atoms with Gasteiger partial charge in [-0.3, -0.25) is 0 Å². The number of nitrogens with one attached hydrogen (secondary N) is 1. The van der Waals surface area contributed by atoms with E-state index in [1.807, 2.05) is 0 Å². The van der Waals surface area contributed by atoms with E-state index < -0.39 is 0 Å². The molecule has 1 N–H and O–H groups in total. The van der Waals surface area contributed by atoms with Crippen LogP contribution in [0.15, 0.2) is 18.2 Å². The normalized spacial score (nSPS) is 27.7. The van der Waals surface area contributed by atoms with E-state index in [1.54, 1.807) is 0 Å². The van der Waals surface area contributed by atoms with Crippen LogP contribution in [0.5, 0.6) is 0 Å². The summed E-state index contributed by atoms with van der Waals surface area (Å²) in [4.78, 5) is 0. The Morgan fingerprint density at radius 1 is 1.28 bits per heavy atom. The van der Waals surface area contributed by atoms with Crippen LogP contribution in [-0.2, 0) is 6.42 Å². The van der Waals surface area contributed by atoms with Crippen LogP contribution in [0.3, 0.4) is 0 Å². The first-order chi connectivity index (χ1) is 8.52. The summed E-state index contributed by atoms with van der Waals surface area (Å²) < 4.78 is 0. The van der Waals surface area contributed by atoms with E-state index in [9.17, 15) is 0 Å². The summed E-state index contributed by atoms with van der Waals surface area (Å²) in [7, 11) is 0. The Morgan fingerprint density at radius 3 is 2.72 bits per heavy atom. The number of rotatable bonds is 4. The molecule has 1 saturated carbocycles. The van der Waals surface area contributed by atoms with Crippen LogP contribution in [-0.4, -0.2) is 12.6 Å². The first-order valence-electron chi connectivity index (χ1n) is 7.32. The summed E-state index contributed by atoms with van der Waals surface area (Å²) in [5.41, 5.74) is 4.84. The van der Waals surface area contributed by atoms with Crippen LogP contribution in [0.1, 0.15) is 49.8 Å². The van der Waals surface area contributed by atoms with E-state index in [-0.39, 0.29) is 0 Å². The molecule has 0 bridgehead atoms. The van der Waals surface area contributed by atoms with Gasteiger partial charge in [-0.2, -0.15) is 0 Å². The monoisotopic (exact) mass is 245 g/mol. The minimum absolute atomic E-state index is 0.495. The third-order valence-electron chi connectivity index (χ3n) is 4.53. The fourth-order valence-corrected chi connectivity index (χ4v) is 3.35. The van der Waals surface area contributed by atoms with Gasteiger partial charge in [-0.05, 0) is 68.2 Å². The van der Waals surface area contributed by atoms with E-state index in [4.69, 9.17) is 0 Å². The summed E-state index contributed by atoms with van der Waals surface area (Å²) in [6.45, 7) is 10.2. The van der Waals surface area contributed by atoms with Gasteiger partial charge >= 0.3 is 0 Å². The molecular weight excluding hydrogens is 218 g/mol. The molecule has 0 saturated heterocycles. The van der Waals surface area contributed by atoms with Crippen molar-refractivity contribution in [3.8, 4) is 0 Å². The lowest BCUT2D eigenvalue weighted by atomic mass is 9.81. The Hall–Kier alpha value is -0.820. The zero-order valence-corrected chi connectivity index (χ0v) is 12.3. The van der Waals surface area contributed by atoms with Gasteiger partial charge in [0.1, 0.15) is 0 Å². The summed E-state index contributed by atoms with van der Waals surface area (Å²) in [5.74, 6) is 0. The van der Waals surface area contributed by atoms with Gasteiger partial charge in [0.2, 0.25) is 0 Å². The minimum atomic E-state index is 0.495. The van der Waals surface area contributed by atoms with Crippen LogP contribution in [0.25, 0.3) is 0 Å². The molecule has 1 aromatic carbocycles. The Morgan fingerprint density at radius 2 is 2.06 bits per heavy atom. The largest absolute Gasteiger partial charge is 0.314 e. The maximum atomic E-state index is 3.61. The molecule has 1 heteroatoms. The molecule has 1 nitrogen and oxygen atoms in total. The van der Waals surface area contributed by atoms with Gasteiger partial charge in [0.05, 0.1) is 0 Å². The molecule has 2 unspecified atom stereocenters. The zero-order valence-electron chi connectivity index (χ0n) is 12.3. The molecule has 0 radical (unpaired) electrons. The summed E-state index contributed by atoms with van der Waals surface area (Å²) in [6, 6.07) is 7.70. The number of aryl methyl sites for hydroxylation is 2. The minimum Gasteiger partial charge on any atom is -0.314 e. The summed E-state index contributed by atoms with van der Waals surface area (Å²) in [5, 5.41) is 3.61. The molecule has 0 aliphatic heterocycles. The topological polar surface area (TPSA) is 12.0 Å². The molecule has 1 fully saturated rings. The first-order valence-corrected chi connectivity index (χ1v) is 7.32. The Bertz CT molecular complexity index is 410. The molecule has 1 aliphatic rings. The molecule has 0 aromatic heterocycles. The van der Waals surface area contributed by atoms with Gasteiger partial charge in [-0.25, -0.2) is 0 Å². The average molecular weight is 245 g/mol. The van der Waals surface area contributed by atoms with Crippen molar-refractivity contribution < 1.29 is 0 Å². The van der Waals surface area contributed by atoms with Crippen molar-refractivity contribution in [3.05, 3.63) is 34.9 Å². The van der Waals surface area contributed by atoms with Gasteiger partial charge in [-0.15, -0.1) is 0 Å². The third kappa shape index (κ3) is 3.14. The molecule has 2 atom stereocenters. The number of hydrogen-bond donors (Lipinski definition) is 1. The standard InChI is InChI=1S/C17H27N/c1-5-18-16-8-9-17(4,12-16)11-15-7-6-13(2)14(3)10-15/h6-7,10,16,18H,5,8-9,11-12H2,1-4H3. The fraction of sp³-hybridized carbons (Fsp3) is 0.647. The molecule has 18 heavy (non-hydrogen) atoms. The van der Waals surface area contributed by atoms with Crippen molar-refractivity contribution in [2.24, 2.45) is 5.41 Å². The van der Waals surface area contributed by atoms with Crippen molar-refractivity contribution in [2.45, 2.75) is 59.4 Å². The van der Waals surface area contributed by atoms with E-state index in [0.717, 1.165) is 12.6 Å². The first kappa shape index (κ1) is 13.6. The smallest absolute Gasteiger partial charge is 0.00724 e. The van der Waals surface area contributed by atoms with Crippen molar-refractivity contribution >= 4 is 0 Å². The van der Waals surface area contributed by atoms with Gasteiger partial charge in [0, 0.05) is 6.04 Å². The van der Waals surface area contributed by atoms with E-state index in [1.165, 1.54) is 42.4 Å². The molecule has 0 heterocycles. The molecule has 1 aromatic rings. The third-order valence-corrected chi connectivity index (χ3v) is 4.53. The van der Waals surface area contributed by atoms with Crippen molar-refractivity contribution in [3.63, 3.8) is 0 Å². The van der Waals surface area contributed by atoms with Crippen LogP contribution in [0.4, 0.5) is 0 Å². The highest BCUT2D eigenvalue weighted by molar-refractivity contribution is 5.30. The fourth-order valence-electron chi connectivity index (χ4n) is 3.35. The number of hydrogen-bond acceptors (Lipinski definition) is 1. The van der Waals surface area contributed by atoms with Gasteiger partial charge in [0.25, 0.3) is 0 Å². The predicted molar refractivity (Wildman–Crippen MR) is 79.0 cm³/mol. The van der Waals surface area contributed by atoms with Crippen molar-refractivity contribution in [1.29, 1.82) is 0 Å². The second-order valence-electron chi connectivity index (χ2n) is 6.40. The van der Waals surface area contributed by atoms with Gasteiger partial charge in [-0.1, -0.05) is 32.0 Å². The molecule has 1 aliphatic carbocycles. The highest BCUT2D eigenvalue weighted by atomic mass is 14.9. The molecular formula is C17H27N. The predicted octanol–water partition coefficient (Wildman–Crippen LogP) is 4.01. The van der Waals surface area contributed by atoms with E-state index >= 15 is 0 Å². The van der Waals surface area contributed by atoms with E-state index in [2.05, 4.69) is 51.2 Å².